The summed E-state index contributed by atoms with van der Waals surface area (Å²) in [5.74, 6) is 1.18. The molecule has 0 aromatic carbocycles. The molecule has 0 radical (unpaired) electrons. The Morgan fingerprint density at radius 3 is 2.58 bits per heavy atom. The van der Waals surface area contributed by atoms with E-state index in [0.29, 0.717) is 12.2 Å². The van der Waals surface area contributed by atoms with E-state index in [1.54, 1.807) is 0 Å². The molecule has 0 amide bonds. The fourth-order valence-corrected chi connectivity index (χ4v) is 1.72. The van der Waals surface area contributed by atoms with E-state index in [-0.39, 0.29) is 6.04 Å². The van der Waals surface area contributed by atoms with Gasteiger partial charge in [0.15, 0.2) is 0 Å². The second-order valence-corrected chi connectivity index (χ2v) is 3.69. The third kappa shape index (κ3) is 2.31. The molecule has 12 heavy (non-hydrogen) atoms. The van der Waals surface area contributed by atoms with Gasteiger partial charge in [0.25, 0.3) is 0 Å². The molecule has 1 saturated carbocycles. The van der Waals surface area contributed by atoms with Crippen molar-refractivity contribution in [1.82, 2.24) is 5.32 Å². The topological polar surface area (TPSA) is 29.1 Å². The van der Waals surface area contributed by atoms with Crippen molar-refractivity contribution in [2.75, 3.05) is 7.05 Å². The number of Topliss-reactive ketones (excluding diaryl/α,β-unsaturated/α-hetero) is 1. The summed E-state index contributed by atoms with van der Waals surface area (Å²) in [5.41, 5.74) is 0. The highest BCUT2D eigenvalue weighted by molar-refractivity contribution is 5.83. The average molecular weight is 169 g/mol. The maximum absolute atomic E-state index is 11.4. The number of carbonyl (C=O) groups is 1. The first-order valence-corrected chi connectivity index (χ1v) is 4.98. The highest BCUT2D eigenvalue weighted by atomic mass is 16.1. The molecular weight excluding hydrogens is 150 g/mol. The van der Waals surface area contributed by atoms with Crippen molar-refractivity contribution in [3.8, 4) is 0 Å². The molecule has 1 rings (SSSR count). The predicted octanol–water partition coefficient (Wildman–Crippen LogP) is 1.74. The average Bonchev–Trinajstić information content (AvgIpc) is 2.02. The molecule has 0 heterocycles. The van der Waals surface area contributed by atoms with Crippen molar-refractivity contribution in [2.45, 2.75) is 45.1 Å². The van der Waals surface area contributed by atoms with E-state index in [1.165, 1.54) is 19.3 Å². The van der Waals surface area contributed by atoms with Gasteiger partial charge in [-0.1, -0.05) is 26.2 Å². The summed E-state index contributed by atoms with van der Waals surface area (Å²) < 4.78 is 0. The van der Waals surface area contributed by atoms with E-state index in [1.807, 2.05) is 14.0 Å². The molecule has 70 valence electrons. The number of hydrogen-bond donors (Lipinski definition) is 1. The van der Waals surface area contributed by atoms with Crippen LogP contribution in [0, 0.1) is 5.92 Å². The smallest absolute Gasteiger partial charge is 0.149 e. The van der Waals surface area contributed by atoms with E-state index in [2.05, 4.69) is 5.32 Å². The summed E-state index contributed by atoms with van der Waals surface area (Å²) in [7, 11) is 1.89. The molecule has 0 aromatic heterocycles. The molecule has 2 nitrogen and oxygen atoms in total. The Morgan fingerprint density at radius 1 is 1.58 bits per heavy atom. The lowest BCUT2D eigenvalue weighted by Crippen LogP contribution is -2.36. The van der Waals surface area contributed by atoms with Gasteiger partial charge in [-0.2, -0.15) is 0 Å². The largest absolute Gasteiger partial charge is 0.311 e. The van der Waals surface area contributed by atoms with Crippen molar-refractivity contribution in [2.24, 2.45) is 5.92 Å². The fraction of sp³-hybridized carbons (Fsp3) is 0.900. The number of hydrogen-bond acceptors (Lipinski definition) is 2. The first-order chi connectivity index (χ1) is 5.77. The molecule has 1 aliphatic rings. The Morgan fingerprint density at radius 2 is 2.25 bits per heavy atom. The Balaban J connectivity index is 2.28. The van der Waals surface area contributed by atoms with Crippen LogP contribution in [0.1, 0.15) is 39.0 Å². The Labute approximate surface area is 74.7 Å². The van der Waals surface area contributed by atoms with Crippen molar-refractivity contribution in [3.63, 3.8) is 0 Å². The molecule has 1 fully saturated rings. The normalized spacial score (nSPS) is 20.2. The molecule has 0 spiro atoms. The lowest BCUT2D eigenvalue weighted by atomic mass is 9.80. The summed E-state index contributed by atoms with van der Waals surface area (Å²) in [6.07, 6.45) is 5.74. The minimum atomic E-state index is 0.125. The van der Waals surface area contributed by atoms with Crippen LogP contribution < -0.4 is 5.32 Å². The summed E-state index contributed by atoms with van der Waals surface area (Å²) in [5, 5.41) is 3.10. The number of nitrogens with one attached hydrogen (secondary N) is 1. The van der Waals surface area contributed by atoms with Crippen LogP contribution in [-0.2, 0) is 4.79 Å². The molecule has 1 aliphatic carbocycles. The quantitative estimate of drug-likeness (QED) is 0.679. The van der Waals surface area contributed by atoms with Crippen LogP contribution in [0.2, 0.25) is 0 Å². The molecular formula is C10H19NO. The molecule has 0 bridgehead atoms. The summed E-state index contributed by atoms with van der Waals surface area (Å²) >= 11 is 0. The van der Waals surface area contributed by atoms with Crippen molar-refractivity contribution >= 4 is 5.78 Å². The molecule has 1 N–H and O–H groups in total. The van der Waals surface area contributed by atoms with E-state index < -0.39 is 0 Å². The monoisotopic (exact) mass is 169 g/mol. The third-order valence-electron chi connectivity index (χ3n) is 2.88. The van der Waals surface area contributed by atoms with Gasteiger partial charge in [-0.25, -0.2) is 0 Å². The van der Waals surface area contributed by atoms with E-state index in [0.717, 1.165) is 12.3 Å². The highest BCUT2D eigenvalue weighted by Crippen LogP contribution is 2.30. The summed E-state index contributed by atoms with van der Waals surface area (Å²) in [6, 6.07) is 0.125. The first-order valence-electron chi connectivity index (χ1n) is 4.98. The Hall–Kier alpha value is -0.370. The number of likely N-dealkylation sites (N-methyl/N-ethyl adjacent to an activating group) is 1. The molecule has 1 unspecified atom stereocenters. The SMILES string of the molecule is CCC(=O)C(CC1CCC1)NC. The summed E-state index contributed by atoms with van der Waals surface area (Å²) in [4.78, 5) is 11.4. The van der Waals surface area contributed by atoms with Crippen LogP contribution in [0.25, 0.3) is 0 Å². The van der Waals surface area contributed by atoms with Crippen LogP contribution in [0.4, 0.5) is 0 Å². The highest BCUT2D eigenvalue weighted by Gasteiger charge is 2.24. The Bertz CT molecular complexity index is 152. The van der Waals surface area contributed by atoms with Crippen LogP contribution >= 0.6 is 0 Å². The van der Waals surface area contributed by atoms with Gasteiger partial charge in [-0.3, -0.25) is 4.79 Å². The van der Waals surface area contributed by atoms with E-state index in [9.17, 15) is 4.79 Å². The first kappa shape index (κ1) is 9.72. The second-order valence-electron chi connectivity index (χ2n) is 3.69. The maximum atomic E-state index is 11.4. The third-order valence-corrected chi connectivity index (χ3v) is 2.88. The van der Waals surface area contributed by atoms with Crippen molar-refractivity contribution < 1.29 is 4.79 Å². The fourth-order valence-electron chi connectivity index (χ4n) is 1.72. The predicted molar refractivity (Wildman–Crippen MR) is 50.1 cm³/mol. The molecule has 2 heteroatoms. The lowest BCUT2D eigenvalue weighted by Gasteiger charge is -2.28. The molecule has 0 aromatic rings. The molecule has 0 aliphatic heterocycles. The Kier molecular flexibility index (Phi) is 3.73. The van der Waals surface area contributed by atoms with Gasteiger partial charge in [0.05, 0.1) is 6.04 Å². The van der Waals surface area contributed by atoms with E-state index in [4.69, 9.17) is 0 Å². The zero-order chi connectivity index (χ0) is 8.97. The zero-order valence-corrected chi connectivity index (χ0v) is 8.10. The van der Waals surface area contributed by atoms with Crippen LogP contribution in [0.15, 0.2) is 0 Å². The van der Waals surface area contributed by atoms with Crippen LogP contribution in [-0.4, -0.2) is 18.9 Å². The minimum absolute atomic E-state index is 0.125. The van der Waals surface area contributed by atoms with Crippen molar-refractivity contribution in [1.29, 1.82) is 0 Å². The summed E-state index contributed by atoms with van der Waals surface area (Å²) in [6.45, 7) is 1.94. The van der Waals surface area contributed by atoms with Gasteiger partial charge in [0.2, 0.25) is 0 Å². The van der Waals surface area contributed by atoms with Crippen LogP contribution in [0.5, 0.6) is 0 Å². The standard InChI is InChI=1S/C10H19NO/c1-3-10(12)9(11-2)7-8-5-4-6-8/h8-9,11H,3-7H2,1-2H3. The minimum Gasteiger partial charge on any atom is -0.311 e. The van der Waals surface area contributed by atoms with E-state index >= 15 is 0 Å². The van der Waals surface area contributed by atoms with Crippen LogP contribution in [0.3, 0.4) is 0 Å². The number of carbonyl (C=O) groups excluding carboxylic acids is 1. The van der Waals surface area contributed by atoms with Crippen molar-refractivity contribution in [3.05, 3.63) is 0 Å². The number of rotatable bonds is 5. The molecule has 1 atom stereocenters. The lowest BCUT2D eigenvalue weighted by molar-refractivity contribution is -0.121. The maximum Gasteiger partial charge on any atom is 0.149 e. The van der Waals surface area contributed by atoms with Gasteiger partial charge in [0.1, 0.15) is 5.78 Å². The van der Waals surface area contributed by atoms with Gasteiger partial charge in [-0.15, -0.1) is 0 Å². The van der Waals surface area contributed by atoms with Gasteiger partial charge >= 0.3 is 0 Å². The van der Waals surface area contributed by atoms with Gasteiger partial charge in [-0.05, 0) is 19.4 Å². The van der Waals surface area contributed by atoms with Gasteiger partial charge < -0.3 is 5.32 Å². The zero-order valence-electron chi connectivity index (χ0n) is 8.10. The molecule has 0 saturated heterocycles. The number of ketones is 1. The second kappa shape index (κ2) is 4.61. The van der Waals surface area contributed by atoms with Gasteiger partial charge in [0, 0.05) is 6.42 Å².